The topological polar surface area (TPSA) is 27.6 Å². The predicted molar refractivity (Wildman–Crippen MR) is 123 cm³/mol. The van der Waals surface area contributed by atoms with Crippen molar-refractivity contribution in [1.82, 2.24) is 5.32 Å². The van der Waals surface area contributed by atoms with Crippen LogP contribution in [0.3, 0.4) is 0 Å². The molecule has 1 aromatic rings. The molecule has 0 amide bonds. The smallest absolute Gasteiger partial charge is 0.0488 e. The van der Waals surface area contributed by atoms with Gasteiger partial charge in [-0.05, 0) is 29.3 Å². The van der Waals surface area contributed by atoms with Crippen LogP contribution in [0.1, 0.15) is 12.5 Å². The number of nitrogens with zero attached hydrogens (tertiary/aromatic N) is 2. The highest BCUT2D eigenvalue weighted by atomic mass is 33.1. The molecule has 0 bridgehead atoms. The zero-order valence-electron chi connectivity index (χ0n) is 15.6. The average molecular weight is 388 g/mol. The summed E-state index contributed by atoms with van der Waals surface area (Å²) in [5, 5.41) is 3.39. The van der Waals surface area contributed by atoms with Gasteiger partial charge in [-0.15, -0.1) is 0 Å². The minimum Gasteiger partial charge on any atom is -0.369 e. The van der Waals surface area contributed by atoms with E-state index in [0.717, 1.165) is 49.8 Å². The largest absolute Gasteiger partial charge is 0.369 e. The van der Waals surface area contributed by atoms with Crippen molar-refractivity contribution in [2.75, 3.05) is 49.1 Å². The highest BCUT2D eigenvalue weighted by Crippen LogP contribution is 2.19. The average Bonchev–Trinajstić information content (AvgIpc) is 2.70. The lowest BCUT2D eigenvalue weighted by molar-refractivity contribution is 0.589. The Morgan fingerprint density at radius 2 is 2.00 bits per heavy atom. The fourth-order valence-electron chi connectivity index (χ4n) is 2.55. The molecule has 140 valence electrons. The van der Waals surface area contributed by atoms with Crippen molar-refractivity contribution < 1.29 is 0 Å². The van der Waals surface area contributed by atoms with Crippen molar-refractivity contribution in [2.45, 2.75) is 6.92 Å². The summed E-state index contributed by atoms with van der Waals surface area (Å²) < 4.78 is 0. The molecule has 5 heteroatoms. The van der Waals surface area contributed by atoms with Crippen LogP contribution in [0.2, 0.25) is 0 Å². The van der Waals surface area contributed by atoms with Gasteiger partial charge in [0.05, 0.1) is 0 Å². The SMILES string of the molecule is C=CC(/C=C/c1ccc(N2CCNCC2)cc1)=C\C=NCCSSCC. The molecule has 0 aromatic heterocycles. The minimum atomic E-state index is 0.857. The zero-order valence-corrected chi connectivity index (χ0v) is 17.2. The Morgan fingerprint density at radius 3 is 2.69 bits per heavy atom. The van der Waals surface area contributed by atoms with Gasteiger partial charge in [0.1, 0.15) is 0 Å². The third kappa shape index (κ3) is 7.85. The van der Waals surface area contributed by atoms with Crippen LogP contribution in [0, 0.1) is 0 Å². The number of hydrogen-bond donors (Lipinski definition) is 1. The van der Waals surface area contributed by atoms with Gasteiger partial charge in [0.2, 0.25) is 0 Å². The highest BCUT2D eigenvalue weighted by molar-refractivity contribution is 8.76. The summed E-state index contributed by atoms with van der Waals surface area (Å²) >= 11 is 0. The number of piperazine rings is 1. The summed E-state index contributed by atoms with van der Waals surface area (Å²) in [6.45, 7) is 11.2. The van der Waals surface area contributed by atoms with Gasteiger partial charge >= 0.3 is 0 Å². The maximum Gasteiger partial charge on any atom is 0.0488 e. The van der Waals surface area contributed by atoms with Gasteiger partial charge in [-0.2, -0.15) is 0 Å². The van der Waals surface area contributed by atoms with Gasteiger partial charge in [0, 0.05) is 56.1 Å². The molecule has 0 unspecified atom stereocenters. The first-order chi connectivity index (χ1) is 12.8. The fourth-order valence-corrected chi connectivity index (χ4v) is 4.09. The van der Waals surface area contributed by atoms with Gasteiger partial charge < -0.3 is 10.2 Å². The summed E-state index contributed by atoms with van der Waals surface area (Å²) in [4.78, 5) is 6.84. The van der Waals surface area contributed by atoms with E-state index in [1.165, 1.54) is 11.3 Å². The first-order valence-electron chi connectivity index (χ1n) is 9.14. The Hall–Kier alpha value is -1.43. The number of hydrogen-bond acceptors (Lipinski definition) is 5. The number of aliphatic imine (C=N–C) groups is 1. The van der Waals surface area contributed by atoms with Crippen molar-refractivity contribution in [3.63, 3.8) is 0 Å². The molecule has 1 fully saturated rings. The highest BCUT2D eigenvalue weighted by Gasteiger charge is 2.09. The fraction of sp³-hybridized carbons (Fsp3) is 0.381. The van der Waals surface area contributed by atoms with E-state index in [2.05, 4.69) is 65.1 Å². The number of anilines is 1. The molecule has 2 rings (SSSR count). The molecule has 1 N–H and O–H groups in total. The van der Waals surface area contributed by atoms with E-state index in [1.807, 2.05) is 40.0 Å². The standard InChI is InChI=1S/C21H29N3S2/c1-3-19(11-12-22-15-18-26-25-4-2)5-6-20-7-9-21(10-8-20)24-16-13-23-14-17-24/h3,5-12,23H,1,4,13-18H2,2H3/b6-5+,19-11+,22-12?. The summed E-state index contributed by atoms with van der Waals surface area (Å²) in [5.41, 5.74) is 3.56. The maximum absolute atomic E-state index is 4.42. The molecule has 1 aliphatic heterocycles. The lowest BCUT2D eigenvalue weighted by Gasteiger charge is -2.29. The van der Waals surface area contributed by atoms with Gasteiger partial charge in [-0.25, -0.2) is 0 Å². The van der Waals surface area contributed by atoms with Gasteiger partial charge in [0.25, 0.3) is 0 Å². The lowest BCUT2D eigenvalue weighted by atomic mass is 10.1. The second-order valence-electron chi connectivity index (χ2n) is 5.82. The molecule has 1 saturated heterocycles. The van der Waals surface area contributed by atoms with Crippen LogP contribution in [0.15, 0.2) is 59.6 Å². The van der Waals surface area contributed by atoms with Crippen molar-refractivity contribution >= 4 is 39.6 Å². The van der Waals surface area contributed by atoms with Gasteiger partial charge in [-0.3, -0.25) is 4.99 Å². The molecule has 26 heavy (non-hydrogen) atoms. The molecule has 1 heterocycles. The van der Waals surface area contributed by atoms with E-state index in [1.54, 1.807) is 0 Å². The second kappa shape index (κ2) is 12.8. The quantitative estimate of drug-likeness (QED) is 0.273. The van der Waals surface area contributed by atoms with E-state index < -0.39 is 0 Å². The third-order valence-corrected chi connectivity index (χ3v) is 6.42. The Bertz CT molecular complexity index is 615. The van der Waals surface area contributed by atoms with E-state index in [-0.39, 0.29) is 0 Å². The van der Waals surface area contributed by atoms with Crippen molar-refractivity contribution in [3.8, 4) is 0 Å². The molecule has 0 atom stereocenters. The molecule has 3 nitrogen and oxygen atoms in total. The number of rotatable bonds is 10. The Morgan fingerprint density at radius 1 is 1.23 bits per heavy atom. The molecule has 1 aromatic carbocycles. The maximum atomic E-state index is 4.42. The molecular weight excluding hydrogens is 358 g/mol. The Labute approximate surface area is 166 Å². The predicted octanol–water partition coefficient (Wildman–Crippen LogP) is 4.69. The summed E-state index contributed by atoms with van der Waals surface area (Å²) in [5.74, 6) is 2.21. The van der Waals surface area contributed by atoms with Crippen LogP contribution in [-0.4, -0.2) is 50.4 Å². The molecular formula is C21H29N3S2. The van der Waals surface area contributed by atoms with E-state index in [0.29, 0.717) is 0 Å². The van der Waals surface area contributed by atoms with Crippen LogP contribution in [0.4, 0.5) is 5.69 Å². The molecule has 0 radical (unpaired) electrons. The normalized spacial score (nSPS) is 15.9. The summed E-state index contributed by atoms with van der Waals surface area (Å²) in [6, 6.07) is 8.75. The molecule has 0 saturated carbocycles. The minimum absolute atomic E-state index is 0.857. The Balaban J connectivity index is 1.84. The monoisotopic (exact) mass is 387 g/mol. The summed E-state index contributed by atoms with van der Waals surface area (Å²) in [7, 11) is 3.76. The number of allylic oxidation sites excluding steroid dienone is 4. The lowest BCUT2D eigenvalue weighted by Crippen LogP contribution is -2.43. The van der Waals surface area contributed by atoms with E-state index in [4.69, 9.17) is 0 Å². The molecule has 0 aliphatic carbocycles. The Kier molecular flexibility index (Phi) is 10.3. The first kappa shape index (κ1) is 20.9. The number of nitrogens with one attached hydrogen (secondary N) is 1. The summed E-state index contributed by atoms with van der Waals surface area (Å²) in [6.07, 6.45) is 9.96. The van der Waals surface area contributed by atoms with Crippen LogP contribution < -0.4 is 10.2 Å². The molecule has 1 aliphatic rings. The van der Waals surface area contributed by atoms with Crippen LogP contribution >= 0.6 is 21.6 Å². The van der Waals surface area contributed by atoms with E-state index >= 15 is 0 Å². The zero-order chi connectivity index (χ0) is 18.5. The van der Waals surface area contributed by atoms with Crippen LogP contribution in [0.5, 0.6) is 0 Å². The van der Waals surface area contributed by atoms with E-state index in [9.17, 15) is 0 Å². The van der Waals surface area contributed by atoms with Crippen molar-refractivity contribution in [1.29, 1.82) is 0 Å². The van der Waals surface area contributed by atoms with Crippen LogP contribution in [-0.2, 0) is 0 Å². The first-order valence-corrected chi connectivity index (χ1v) is 11.6. The third-order valence-electron chi connectivity index (χ3n) is 3.96. The van der Waals surface area contributed by atoms with Gasteiger partial charge in [-0.1, -0.05) is 65.5 Å². The molecule has 0 spiro atoms. The number of benzene rings is 1. The second-order valence-corrected chi connectivity index (χ2v) is 8.69. The van der Waals surface area contributed by atoms with Crippen molar-refractivity contribution in [3.05, 3.63) is 60.2 Å². The van der Waals surface area contributed by atoms with Gasteiger partial charge in [0.15, 0.2) is 0 Å². The van der Waals surface area contributed by atoms with Crippen molar-refractivity contribution in [2.24, 2.45) is 4.99 Å². The van der Waals surface area contributed by atoms with Crippen LogP contribution in [0.25, 0.3) is 6.08 Å².